The van der Waals surface area contributed by atoms with Gasteiger partial charge in [0.2, 0.25) is 0 Å². The van der Waals surface area contributed by atoms with Crippen LogP contribution in [0.15, 0.2) is 24.4 Å². The number of nitrogens with zero attached hydrogens (tertiary/aromatic N) is 3. The molecule has 0 spiro atoms. The Morgan fingerprint density at radius 1 is 1.52 bits per heavy atom. The average molecular weight is 289 g/mol. The van der Waals surface area contributed by atoms with E-state index in [4.69, 9.17) is 4.74 Å². The Hall–Kier alpha value is -2.08. The molecule has 0 radical (unpaired) electrons. The Morgan fingerprint density at radius 3 is 3.05 bits per heavy atom. The van der Waals surface area contributed by atoms with Gasteiger partial charge in [0.1, 0.15) is 5.65 Å². The lowest BCUT2D eigenvalue weighted by Crippen LogP contribution is -2.25. The van der Waals surface area contributed by atoms with Gasteiger partial charge in [0.05, 0.1) is 6.61 Å². The fourth-order valence-electron chi connectivity index (χ4n) is 2.29. The van der Waals surface area contributed by atoms with Crippen LogP contribution in [0.5, 0.6) is 0 Å². The Balaban J connectivity index is 1.74. The summed E-state index contributed by atoms with van der Waals surface area (Å²) in [6.45, 7) is 2.02. The van der Waals surface area contributed by atoms with Crippen molar-refractivity contribution in [3.8, 4) is 0 Å². The minimum Gasteiger partial charge on any atom is -0.476 e. The Bertz CT molecular complexity index is 649. The molecule has 1 fully saturated rings. The van der Waals surface area contributed by atoms with E-state index in [2.05, 4.69) is 4.98 Å². The molecule has 0 saturated heterocycles. The summed E-state index contributed by atoms with van der Waals surface area (Å²) >= 11 is 0. The van der Waals surface area contributed by atoms with Gasteiger partial charge in [0.25, 0.3) is 0 Å². The number of ether oxygens (including phenoxy) is 1. The summed E-state index contributed by atoms with van der Waals surface area (Å²) in [6, 6.07) is 5.44. The van der Waals surface area contributed by atoms with Crippen molar-refractivity contribution in [2.45, 2.75) is 12.8 Å². The number of carboxylic acid groups (broad SMARTS) is 1. The molecule has 2 aromatic rings. The summed E-state index contributed by atoms with van der Waals surface area (Å²) in [6.07, 6.45) is 4.25. The molecule has 112 valence electrons. The van der Waals surface area contributed by atoms with E-state index in [1.165, 1.54) is 12.8 Å². The van der Waals surface area contributed by atoms with Crippen LogP contribution in [0.2, 0.25) is 0 Å². The van der Waals surface area contributed by atoms with E-state index in [1.807, 2.05) is 18.0 Å². The summed E-state index contributed by atoms with van der Waals surface area (Å²) in [5.74, 6) is 0.234. The van der Waals surface area contributed by atoms with Crippen LogP contribution in [-0.4, -0.2) is 47.3 Å². The summed E-state index contributed by atoms with van der Waals surface area (Å²) < 4.78 is 7.20. The molecule has 21 heavy (non-hydrogen) atoms. The van der Waals surface area contributed by atoms with Gasteiger partial charge in [-0.25, -0.2) is 9.78 Å². The van der Waals surface area contributed by atoms with Crippen molar-refractivity contribution >= 4 is 17.4 Å². The second-order valence-corrected chi connectivity index (χ2v) is 5.46. The van der Waals surface area contributed by atoms with Crippen LogP contribution in [0.1, 0.15) is 23.3 Å². The predicted molar refractivity (Wildman–Crippen MR) is 79.0 cm³/mol. The highest BCUT2D eigenvalue weighted by molar-refractivity contribution is 5.93. The second-order valence-electron chi connectivity index (χ2n) is 5.46. The Labute approximate surface area is 123 Å². The largest absolute Gasteiger partial charge is 0.476 e. The zero-order valence-corrected chi connectivity index (χ0v) is 12.0. The van der Waals surface area contributed by atoms with Crippen LogP contribution in [0.4, 0.5) is 5.82 Å². The number of likely N-dealkylation sites (N-methyl/N-ethyl adjacent to an activating group) is 1. The number of pyridine rings is 1. The maximum Gasteiger partial charge on any atom is 0.356 e. The lowest BCUT2D eigenvalue weighted by Gasteiger charge is -2.17. The SMILES string of the molecule is CN(CCOCC1CC1)c1nc2ccccn2c1C(=O)O. The molecule has 1 aliphatic carbocycles. The third kappa shape index (κ3) is 3.00. The van der Waals surface area contributed by atoms with Gasteiger partial charge in [0, 0.05) is 26.4 Å². The first-order valence-corrected chi connectivity index (χ1v) is 7.16. The van der Waals surface area contributed by atoms with Crippen molar-refractivity contribution in [1.29, 1.82) is 0 Å². The highest BCUT2D eigenvalue weighted by atomic mass is 16.5. The quantitative estimate of drug-likeness (QED) is 0.788. The lowest BCUT2D eigenvalue weighted by atomic mass is 10.4. The molecule has 2 aromatic heterocycles. The van der Waals surface area contributed by atoms with Crippen LogP contribution >= 0.6 is 0 Å². The van der Waals surface area contributed by atoms with E-state index in [-0.39, 0.29) is 5.69 Å². The zero-order chi connectivity index (χ0) is 14.8. The molecule has 0 atom stereocenters. The first-order valence-electron chi connectivity index (χ1n) is 7.16. The average Bonchev–Trinajstić information content (AvgIpc) is 3.20. The van der Waals surface area contributed by atoms with E-state index in [0.717, 1.165) is 12.5 Å². The van der Waals surface area contributed by atoms with Crippen LogP contribution < -0.4 is 4.90 Å². The van der Waals surface area contributed by atoms with Crippen LogP contribution in [-0.2, 0) is 4.74 Å². The standard InChI is InChI=1S/C15H19N3O3/c1-17(8-9-21-10-11-5-6-11)14-13(15(19)20)18-7-3-2-4-12(18)16-14/h2-4,7,11H,5-6,8-10H2,1H3,(H,19,20). The predicted octanol–water partition coefficient (Wildman–Crippen LogP) is 1.90. The molecular weight excluding hydrogens is 270 g/mol. The second kappa shape index (κ2) is 5.73. The smallest absolute Gasteiger partial charge is 0.356 e. The number of imidazole rings is 1. The molecule has 0 bridgehead atoms. The molecule has 1 saturated carbocycles. The molecule has 0 aromatic carbocycles. The number of fused-ring (bicyclic) bond motifs is 1. The molecule has 6 heteroatoms. The minimum atomic E-state index is -0.977. The first-order chi connectivity index (χ1) is 10.2. The van der Waals surface area contributed by atoms with E-state index in [0.29, 0.717) is 24.6 Å². The summed E-state index contributed by atoms with van der Waals surface area (Å²) in [7, 11) is 1.84. The van der Waals surface area contributed by atoms with E-state index in [1.54, 1.807) is 22.7 Å². The third-order valence-electron chi connectivity index (χ3n) is 3.70. The number of aromatic carboxylic acids is 1. The Morgan fingerprint density at radius 2 is 2.33 bits per heavy atom. The topological polar surface area (TPSA) is 67.1 Å². The molecule has 0 aliphatic heterocycles. The molecule has 2 heterocycles. The number of hydrogen-bond donors (Lipinski definition) is 1. The monoisotopic (exact) mass is 289 g/mol. The number of aromatic nitrogens is 2. The molecular formula is C15H19N3O3. The maximum absolute atomic E-state index is 11.5. The first kappa shape index (κ1) is 13.9. The number of carboxylic acids is 1. The fraction of sp³-hybridized carbons (Fsp3) is 0.467. The molecule has 1 aliphatic rings. The number of hydrogen-bond acceptors (Lipinski definition) is 4. The zero-order valence-electron chi connectivity index (χ0n) is 12.0. The summed E-state index contributed by atoms with van der Waals surface area (Å²) in [5, 5.41) is 9.44. The summed E-state index contributed by atoms with van der Waals surface area (Å²) in [4.78, 5) is 17.8. The van der Waals surface area contributed by atoms with Gasteiger partial charge in [0.15, 0.2) is 11.5 Å². The molecule has 6 nitrogen and oxygen atoms in total. The number of rotatable bonds is 7. The van der Waals surface area contributed by atoms with Crippen LogP contribution in [0.25, 0.3) is 5.65 Å². The van der Waals surface area contributed by atoms with Gasteiger partial charge in [-0.15, -0.1) is 0 Å². The van der Waals surface area contributed by atoms with Crippen molar-refractivity contribution in [2.75, 3.05) is 31.7 Å². The highest BCUT2D eigenvalue weighted by Gasteiger charge is 2.22. The van der Waals surface area contributed by atoms with Crippen molar-refractivity contribution in [3.05, 3.63) is 30.1 Å². The third-order valence-corrected chi connectivity index (χ3v) is 3.70. The molecule has 1 N–H and O–H groups in total. The maximum atomic E-state index is 11.5. The highest BCUT2D eigenvalue weighted by Crippen LogP contribution is 2.28. The van der Waals surface area contributed by atoms with Crippen molar-refractivity contribution in [3.63, 3.8) is 0 Å². The number of carbonyl (C=O) groups is 1. The lowest BCUT2D eigenvalue weighted by molar-refractivity contribution is 0.0690. The van der Waals surface area contributed by atoms with E-state index >= 15 is 0 Å². The van der Waals surface area contributed by atoms with Gasteiger partial charge >= 0.3 is 5.97 Å². The van der Waals surface area contributed by atoms with Gasteiger partial charge in [-0.3, -0.25) is 4.40 Å². The summed E-state index contributed by atoms with van der Waals surface area (Å²) in [5.41, 5.74) is 0.825. The minimum absolute atomic E-state index is 0.190. The normalized spacial score (nSPS) is 14.5. The van der Waals surface area contributed by atoms with E-state index < -0.39 is 5.97 Å². The fourth-order valence-corrected chi connectivity index (χ4v) is 2.29. The van der Waals surface area contributed by atoms with Crippen LogP contribution in [0, 0.1) is 5.92 Å². The molecule has 0 unspecified atom stereocenters. The van der Waals surface area contributed by atoms with Crippen molar-refractivity contribution < 1.29 is 14.6 Å². The van der Waals surface area contributed by atoms with Gasteiger partial charge in [-0.2, -0.15) is 0 Å². The van der Waals surface area contributed by atoms with Crippen LogP contribution in [0.3, 0.4) is 0 Å². The van der Waals surface area contributed by atoms with Gasteiger partial charge < -0.3 is 14.7 Å². The molecule has 3 rings (SSSR count). The van der Waals surface area contributed by atoms with Crippen molar-refractivity contribution in [2.24, 2.45) is 5.92 Å². The molecule has 0 amide bonds. The van der Waals surface area contributed by atoms with Gasteiger partial charge in [-0.05, 0) is 30.9 Å². The van der Waals surface area contributed by atoms with Gasteiger partial charge in [-0.1, -0.05) is 6.07 Å². The number of anilines is 1. The Kier molecular flexibility index (Phi) is 3.79. The van der Waals surface area contributed by atoms with E-state index in [9.17, 15) is 9.90 Å². The van der Waals surface area contributed by atoms with Crippen molar-refractivity contribution in [1.82, 2.24) is 9.38 Å².